The lowest BCUT2D eigenvalue weighted by Gasteiger charge is -2.19. The quantitative estimate of drug-likeness (QED) is 0.548. The molecule has 0 fully saturated rings. The normalized spacial score (nSPS) is 14.7. The van der Waals surface area contributed by atoms with E-state index in [-0.39, 0.29) is 6.61 Å². The number of aliphatic hydroxyl groups is 1. The van der Waals surface area contributed by atoms with E-state index in [0.29, 0.717) is 5.90 Å². The van der Waals surface area contributed by atoms with Crippen LogP contribution in [-0.2, 0) is 4.74 Å². The summed E-state index contributed by atoms with van der Waals surface area (Å²) >= 11 is 0. The highest BCUT2D eigenvalue weighted by molar-refractivity contribution is 5.93. The summed E-state index contributed by atoms with van der Waals surface area (Å²) in [7, 11) is 3.52. The molecule has 15 heavy (non-hydrogen) atoms. The van der Waals surface area contributed by atoms with Crippen LogP contribution in [0.4, 0.5) is 0 Å². The Balaban J connectivity index is 4.55. The molecule has 4 nitrogen and oxygen atoms in total. The molecule has 0 aliphatic carbocycles. The van der Waals surface area contributed by atoms with Gasteiger partial charge in [0.15, 0.2) is 0 Å². The molecular weight excluding hydrogens is 192 g/mol. The van der Waals surface area contributed by atoms with Crippen molar-refractivity contribution in [2.24, 2.45) is 4.99 Å². The molecule has 0 amide bonds. The minimum Gasteiger partial charge on any atom is -0.475 e. The first-order valence-electron chi connectivity index (χ1n) is 4.99. The largest absolute Gasteiger partial charge is 0.475 e. The van der Waals surface area contributed by atoms with Gasteiger partial charge >= 0.3 is 0 Å². The van der Waals surface area contributed by atoms with E-state index in [9.17, 15) is 5.11 Å². The molecule has 0 atom stereocenters. The van der Waals surface area contributed by atoms with Gasteiger partial charge in [-0.15, -0.1) is 0 Å². The maximum Gasteiger partial charge on any atom is 0.213 e. The van der Waals surface area contributed by atoms with Crippen LogP contribution in [0.2, 0.25) is 0 Å². The fourth-order valence-electron chi connectivity index (χ4n) is 0.933. The molecule has 4 heteroatoms. The smallest absolute Gasteiger partial charge is 0.213 e. The van der Waals surface area contributed by atoms with E-state index in [1.54, 1.807) is 20.9 Å². The molecule has 88 valence electrons. The van der Waals surface area contributed by atoms with E-state index in [1.807, 2.05) is 20.9 Å². The second kappa shape index (κ2) is 5.75. The monoisotopic (exact) mass is 214 g/mol. The van der Waals surface area contributed by atoms with Gasteiger partial charge in [-0.2, -0.15) is 0 Å². The molecule has 0 aliphatic rings. The zero-order valence-corrected chi connectivity index (χ0v) is 10.5. The van der Waals surface area contributed by atoms with Crippen LogP contribution >= 0.6 is 0 Å². The highest BCUT2D eigenvalue weighted by Crippen LogP contribution is 2.08. The molecule has 0 aromatic carbocycles. The highest BCUT2D eigenvalue weighted by Gasteiger charge is 2.15. The Kier molecular flexibility index (Phi) is 5.36. The molecule has 0 saturated carbocycles. The summed E-state index contributed by atoms with van der Waals surface area (Å²) < 4.78 is 5.44. The van der Waals surface area contributed by atoms with Crippen molar-refractivity contribution in [1.82, 2.24) is 5.32 Å². The Labute approximate surface area is 92.1 Å². The summed E-state index contributed by atoms with van der Waals surface area (Å²) in [4.78, 5) is 4.05. The second-order valence-corrected chi connectivity index (χ2v) is 4.13. The lowest BCUT2D eigenvalue weighted by Crippen LogP contribution is -2.28. The van der Waals surface area contributed by atoms with Gasteiger partial charge in [-0.05, 0) is 27.7 Å². The lowest BCUT2D eigenvalue weighted by molar-refractivity contribution is 0.0239. The van der Waals surface area contributed by atoms with Crippen LogP contribution in [0, 0.1) is 0 Å². The SMILES string of the molecule is C/N=C(OCC(C)(C)O)\C(C)=C(/C)NC. The summed E-state index contributed by atoms with van der Waals surface area (Å²) in [6.45, 7) is 7.51. The predicted octanol–water partition coefficient (Wildman–Crippen LogP) is 1.32. The maximum atomic E-state index is 9.53. The summed E-state index contributed by atoms with van der Waals surface area (Å²) in [6, 6.07) is 0. The van der Waals surface area contributed by atoms with Crippen molar-refractivity contribution in [1.29, 1.82) is 0 Å². The van der Waals surface area contributed by atoms with Gasteiger partial charge in [0, 0.05) is 25.4 Å². The molecule has 0 aromatic rings. The van der Waals surface area contributed by atoms with Crippen molar-refractivity contribution in [2.75, 3.05) is 20.7 Å². The highest BCUT2D eigenvalue weighted by atomic mass is 16.5. The number of allylic oxidation sites excluding steroid dienone is 1. The summed E-state index contributed by atoms with van der Waals surface area (Å²) in [5.41, 5.74) is 1.11. The van der Waals surface area contributed by atoms with Crippen LogP contribution in [0.5, 0.6) is 0 Å². The third kappa shape index (κ3) is 5.42. The first-order valence-corrected chi connectivity index (χ1v) is 4.99. The van der Waals surface area contributed by atoms with Crippen LogP contribution in [-0.4, -0.2) is 37.3 Å². The van der Waals surface area contributed by atoms with Crippen molar-refractivity contribution in [2.45, 2.75) is 33.3 Å². The standard InChI is InChI=1S/C11H22N2O2/c1-8(9(2)12-5)10(13-6)15-7-11(3,4)14/h12,14H,7H2,1-6H3/b9-8+,13-10+. The van der Waals surface area contributed by atoms with Crippen molar-refractivity contribution in [3.8, 4) is 0 Å². The molecule has 0 bridgehead atoms. The van der Waals surface area contributed by atoms with Gasteiger partial charge in [0.2, 0.25) is 5.90 Å². The summed E-state index contributed by atoms with van der Waals surface area (Å²) in [5, 5.41) is 12.6. The molecule has 0 saturated heterocycles. The van der Waals surface area contributed by atoms with Crippen LogP contribution in [0.3, 0.4) is 0 Å². The Morgan fingerprint density at radius 3 is 2.27 bits per heavy atom. The van der Waals surface area contributed by atoms with Crippen LogP contribution in [0.15, 0.2) is 16.3 Å². The van der Waals surface area contributed by atoms with Gasteiger partial charge in [-0.3, -0.25) is 4.99 Å². The van der Waals surface area contributed by atoms with Crippen LogP contribution < -0.4 is 5.32 Å². The Bertz CT molecular complexity index is 262. The fourth-order valence-corrected chi connectivity index (χ4v) is 0.933. The minimum absolute atomic E-state index is 0.230. The molecule has 0 aromatic heterocycles. The van der Waals surface area contributed by atoms with E-state index in [1.165, 1.54) is 0 Å². The molecule has 2 N–H and O–H groups in total. The van der Waals surface area contributed by atoms with Crippen molar-refractivity contribution in [3.05, 3.63) is 11.3 Å². The fraction of sp³-hybridized carbons (Fsp3) is 0.727. The molecule has 0 unspecified atom stereocenters. The van der Waals surface area contributed by atoms with Crippen molar-refractivity contribution in [3.63, 3.8) is 0 Å². The second-order valence-electron chi connectivity index (χ2n) is 4.13. The minimum atomic E-state index is -0.843. The molecular formula is C11H22N2O2. The average Bonchev–Trinajstić information content (AvgIpc) is 2.15. The zero-order chi connectivity index (χ0) is 12.1. The van der Waals surface area contributed by atoms with Crippen LogP contribution in [0.25, 0.3) is 0 Å². The van der Waals surface area contributed by atoms with E-state index < -0.39 is 5.60 Å². The number of nitrogens with one attached hydrogen (secondary N) is 1. The number of hydrogen-bond acceptors (Lipinski definition) is 4. The Morgan fingerprint density at radius 2 is 1.93 bits per heavy atom. The predicted molar refractivity (Wildman–Crippen MR) is 63.0 cm³/mol. The van der Waals surface area contributed by atoms with Crippen molar-refractivity contribution < 1.29 is 9.84 Å². The van der Waals surface area contributed by atoms with Gasteiger partial charge in [-0.25, -0.2) is 0 Å². The number of hydrogen-bond donors (Lipinski definition) is 2. The number of rotatable bonds is 4. The topological polar surface area (TPSA) is 53.9 Å². The molecule has 0 rings (SSSR count). The summed E-state index contributed by atoms with van der Waals surface area (Å²) in [5.74, 6) is 0.559. The third-order valence-corrected chi connectivity index (χ3v) is 2.02. The molecule has 0 aliphatic heterocycles. The zero-order valence-electron chi connectivity index (χ0n) is 10.5. The number of aliphatic imine (C=N–C) groups is 1. The van der Waals surface area contributed by atoms with E-state index in [2.05, 4.69) is 10.3 Å². The lowest BCUT2D eigenvalue weighted by atomic mass is 10.1. The maximum absolute atomic E-state index is 9.53. The van der Waals surface area contributed by atoms with E-state index >= 15 is 0 Å². The first kappa shape index (κ1) is 14.0. The van der Waals surface area contributed by atoms with Gasteiger partial charge in [0.25, 0.3) is 0 Å². The van der Waals surface area contributed by atoms with E-state index in [0.717, 1.165) is 11.3 Å². The molecule has 0 heterocycles. The van der Waals surface area contributed by atoms with Crippen molar-refractivity contribution >= 4 is 5.90 Å². The van der Waals surface area contributed by atoms with Gasteiger partial charge in [-0.1, -0.05) is 0 Å². The Hall–Kier alpha value is -1.03. The first-order chi connectivity index (χ1) is 6.81. The third-order valence-electron chi connectivity index (χ3n) is 2.02. The number of nitrogens with zero attached hydrogens (tertiary/aromatic N) is 1. The van der Waals surface area contributed by atoms with Gasteiger partial charge in [0.05, 0.1) is 5.60 Å². The van der Waals surface area contributed by atoms with Gasteiger partial charge in [0.1, 0.15) is 6.61 Å². The average molecular weight is 214 g/mol. The van der Waals surface area contributed by atoms with E-state index in [4.69, 9.17) is 4.74 Å². The van der Waals surface area contributed by atoms with Gasteiger partial charge < -0.3 is 15.2 Å². The number of ether oxygens (including phenoxy) is 1. The molecule has 0 spiro atoms. The molecule has 0 radical (unpaired) electrons. The summed E-state index contributed by atoms with van der Waals surface area (Å²) in [6.07, 6.45) is 0. The van der Waals surface area contributed by atoms with Crippen LogP contribution in [0.1, 0.15) is 27.7 Å². The Morgan fingerprint density at radius 1 is 1.40 bits per heavy atom.